The fraction of sp³-hybridized carbons (Fsp3) is 0.156. The van der Waals surface area contributed by atoms with Crippen LogP contribution in [0.5, 0.6) is 11.5 Å². The number of rotatable bonds is 5. The Balaban J connectivity index is 0.00000372. The monoisotopic (exact) mass is 890 g/mol. The normalized spacial score (nSPS) is 13.2. The Kier molecular flexibility index (Phi) is 7.95. The van der Waals surface area contributed by atoms with Crippen molar-refractivity contribution in [2.75, 3.05) is 9.80 Å². The topological polar surface area (TPSA) is 46.7 Å². The van der Waals surface area contributed by atoms with Gasteiger partial charge in [0.05, 0.1) is 11.2 Å². The average molecular weight is 891 g/mol. The number of ether oxygens (including phenoxy) is 1. The van der Waals surface area contributed by atoms with Gasteiger partial charge in [0.25, 0.3) is 0 Å². The van der Waals surface area contributed by atoms with Crippen LogP contribution in [-0.2, 0) is 26.5 Å². The summed E-state index contributed by atoms with van der Waals surface area (Å²) in [6, 6.07) is 43.2. The van der Waals surface area contributed by atoms with Crippen molar-refractivity contribution in [2.24, 2.45) is 0 Å². The molecule has 0 aliphatic carbocycles. The van der Waals surface area contributed by atoms with E-state index in [0.29, 0.717) is 11.5 Å². The van der Waals surface area contributed by atoms with E-state index >= 15 is 0 Å². The zero-order chi connectivity index (χ0) is 35.3. The molecule has 0 atom stereocenters. The zero-order valence-corrected chi connectivity index (χ0v) is 33.0. The standard InChI is InChI=1S/C45H35N4O2S.Pt/c1-27(2)47-26-48(44-43(47)34-13-6-8-15-37(34)51-44)29-11-10-12-30(24-29)50-31-17-18-32-33-19-20-39-41(35-14-7-9-16-38(35)52-39)42(33)49(36(32)25-31)40-23-28(21-22-46-40)45(3,4)5;/h6-23,26-27H,1-5H3;/q-3;. The number of aromatic nitrogens is 2. The largest absolute Gasteiger partial charge is 0.509 e. The van der Waals surface area contributed by atoms with Crippen LogP contribution >= 0.6 is 11.3 Å². The van der Waals surface area contributed by atoms with Gasteiger partial charge in [-0.25, -0.2) is 4.98 Å². The van der Waals surface area contributed by atoms with E-state index < -0.39 is 0 Å². The SMILES string of the molecule is CC(C)N1[CH-]N(c2[c-]c(Oc3[c-]c4c(cc3)c3ccc5sc6ccccc6c5c3n4-c3cc(C(C)(C)C)ccn3)ccc2)c2oc3ccccc3c21.[Pt]. The number of pyridine rings is 1. The molecule has 0 N–H and O–H groups in total. The van der Waals surface area contributed by atoms with E-state index in [9.17, 15) is 0 Å². The number of fused-ring (bicyclic) bond motifs is 10. The van der Waals surface area contributed by atoms with E-state index in [4.69, 9.17) is 14.1 Å². The van der Waals surface area contributed by atoms with Gasteiger partial charge in [-0.05, 0) is 72.7 Å². The van der Waals surface area contributed by atoms with E-state index in [-0.39, 0.29) is 32.5 Å². The minimum absolute atomic E-state index is 0. The number of nitrogens with zero attached hydrogens (tertiary/aromatic N) is 4. The van der Waals surface area contributed by atoms with E-state index in [1.165, 1.54) is 25.7 Å². The van der Waals surface area contributed by atoms with Crippen molar-refractivity contribution in [3.63, 3.8) is 0 Å². The number of anilines is 3. The summed E-state index contributed by atoms with van der Waals surface area (Å²) in [5.41, 5.74) is 5.97. The Bertz CT molecular complexity index is 2860. The molecule has 0 bridgehead atoms. The summed E-state index contributed by atoms with van der Waals surface area (Å²) in [6.45, 7) is 13.2. The first-order valence-corrected chi connectivity index (χ1v) is 18.5. The molecule has 0 radical (unpaired) electrons. The second-order valence-electron chi connectivity index (χ2n) is 14.7. The molecule has 1 aliphatic rings. The third kappa shape index (κ3) is 5.35. The van der Waals surface area contributed by atoms with E-state index in [1.54, 1.807) is 0 Å². The molecule has 5 aromatic carbocycles. The van der Waals surface area contributed by atoms with Crippen LogP contribution in [0.2, 0.25) is 0 Å². The van der Waals surface area contributed by atoms with Gasteiger partial charge in [-0.3, -0.25) is 0 Å². The van der Waals surface area contributed by atoms with E-state index in [0.717, 1.165) is 55.9 Å². The van der Waals surface area contributed by atoms with Crippen LogP contribution in [0.3, 0.4) is 0 Å². The maximum absolute atomic E-state index is 6.59. The molecule has 9 aromatic rings. The molecule has 10 rings (SSSR count). The second-order valence-corrected chi connectivity index (χ2v) is 15.8. The van der Waals surface area contributed by atoms with Crippen molar-refractivity contribution in [1.82, 2.24) is 9.55 Å². The predicted octanol–water partition coefficient (Wildman–Crippen LogP) is 12.5. The van der Waals surface area contributed by atoms with Crippen LogP contribution in [0.15, 0.2) is 114 Å². The van der Waals surface area contributed by atoms with Crippen molar-refractivity contribution in [2.45, 2.75) is 46.1 Å². The van der Waals surface area contributed by atoms with Gasteiger partial charge >= 0.3 is 0 Å². The van der Waals surface area contributed by atoms with Crippen LogP contribution in [0.25, 0.3) is 58.8 Å². The molecule has 8 heteroatoms. The van der Waals surface area contributed by atoms with E-state index in [1.807, 2.05) is 53.9 Å². The summed E-state index contributed by atoms with van der Waals surface area (Å²) in [6.07, 6.45) is 1.92. The first kappa shape index (κ1) is 33.7. The van der Waals surface area contributed by atoms with Crippen molar-refractivity contribution in [3.05, 3.63) is 134 Å². The summed E-state index contributed by atoms with van der Waals surface area (Å²) in [5.74, 6) is 2.82. The van der Waals surface area contributed by atoms with Gasteiger partial charge in [0, 0.05) is 64.3 Å². The molecule has 0 fully saturated rings. The molecule has 6 nitrogen and oxygen atoms in total. The summed E-state index contributed by atoms with van der Waals surface area (Å²) in [5, 5.41) is 5.82. The first-order valence-electron chi connectivity index (χ1n) is 17.6. The molecular formula is C45H35N4O2PtS-3. The number of para-hydroxylation sites is 1. The average Bonchev–Trinajstić information content (AvgIpc) is 3.89. The Morgan fingerprint density at radius 2 is 1.57 bits per heavy atom. The van der Waals surface area contributed by atoms with E-state index in [2.05, 4.69) is 135 Å². The zero-order valence-electron chi connectivity index (χ0n) is 29.9. The number of hydrogen-bond donors (Lipinski definition) is 0. The molecule has 4 aromatic heterocycles. The smallest absolute Gasteiger partial charge is 0.192 e. The fourth-order valence-electron chi connectivity index (χ4n) is 7.50. The molecule has 0 saturated heterocycles. The van der Waals surface area contributed by atoms with Crippen LogP contribution < -0.4 is 14.5 Å². The summed E-state index contributed by atoms with van der Waals surface area (Å²) in [4.78, 5) is 9.27. The van der Waals surface area contributed by atoms with Gasteiger partial charge in [-0.2, -0.15) is 12.1 Å². The third-order valence-corrected chi connectivity index (χ3v) is 11.2. The molecule has 53 heavy (non-hydrogen) atoms. The number of furan rings is 1. The van der Waals surface area contributed by atoms with Gasteiger partial charge in [-0.1, -0.05) is 68.4 Å². The predicted molar refractivity (Wildman–Crippen MR) is 215 cm³/mol. The summed E-state index contributed by atoms with van der Waals surface area (Å²) >= 11 is 1.82. The molecule has 5 heterocycles. The molecule has 0 spiro atoms. The van der Waals surface area contributed by atoms with Crippen molar-refractivity contribution in [3.8, 4) is 17.3 Å². The fourth-order valence-corrected chi connectivity index (χ4v) is 8.61. The van der Waals surface area contributed by atoms with Gasteiger partial charge in [-0.15, -0.1) is 53.7 Å². The summed E-state index contributed by atoms with van der Waals surface area (Å²) in [7, 11) is 0. The number of hydrogen-bond acceptors (Lipinski definition) is 6. The van der Waals surface area contributed by atoms with Crippen molar-refractivity contribution >= 4 is 81.5 Å². The molecule has 0 amide bonds. The first-order chi connectivity index (χ1) is 25.2. The minimum Gasteiger partial charge on any atom is -0.509 e. The molecule has 0 saturated carbocycles. The maximum Gasteiger partial charge on any atom is 0.192 e. The van der Waals surface area contributed by atoms with Gasteiger partial charge in [0.15, 0.2) is 5.88 Å². The Morgan fingerprint density at radius 1 is 0.792 bits per heavy atom. The molecule has 266 valence electrons. The quantitative estimate of drug-likeness (QED) is 0.161. The number of benzene rings is 5. The second kappa shape index (κ2) is 12.5. The molecule has 0 unspecified atom stereocenters. The van der Waals surface area contributed by atoms with Crippen molar-refractivity contribution < 1.29 is 30.2 Å². The molecule has 1 aliphatic heterocycles. The Labute approximate surface area is 326 Å². The van der Waals surface area contributed by atoms with Crippen LogP contribution in [0.4, 0.5) is 17.3 Å². The Morgan fingerprint density at radius 3 is 2.40 bits per heavy atom. The van der Waals surface area contributed by atoms with Gasteiger partial charge in [0.2, 0.25) is 0 Å². The molecular weight excluding hydrogens is 856 g/mol. The Hall–Kier alpha value is -5.10. The van der Waals surface area contributed by atoms with Crippen LogP contribution in [-0.4, -0.2) is 15.6 Å². The van der Waals surface area contributed by atoms with Gasteiger partial charge < -0.3 is 23.5 Å². The van der Waals surface area contributed by atoms with Crippen LogP contribution in [0, 0.1) is 18.8 Å². The van der Waals surface area contributed by atoms with Crippen LogP contribution in [0.1, 0.15) is 40.2 Å². The van der Waals surface area contributed by atoms with Crippen molar-refractivity contribution in [1.29, 1.82) is 0 Å². The minimum atomic E-state index is -0.0399. The maximum atomic E-state index is 6.59. The third-order valence-electron chi connectivity index (χ3n) is 10.0. The number of thiophene rings is 1. The summed E-state index contributed by atoms with van der Waals surface area (Å²) < 4.78 is 17.8. The van der Waals surface area contributed by atoms with Gasteiger partial charge in [0.1, 0.15) is 11.4 Å².